The molecular weight excluding hydrogens is 344 g/mol. The summed E-state index contributed by atoms with van der Waals surface area (Å²) in [4.78, 5) is 29.8. The monoisotopic (exact) mass is 366 g/mol. The molecule has 1 N–H and O–H groups in total. The average Bonchev–Trinajstić information content (AvgIpc) is 3.28. The molecule has 1 amide bonds. The standard InChI is InChI=1S/C20H22N4O3/c1-14-6-8-15(9-7-14)24-19-17(5-2-10-21-19)23(20(24)26)13-18(25)22-12-16-4-3-11-27-16/h2,5-10,16H,3-4,11-13H2,1H3,(H,22,25)/t16-/m1/s1. The fourth-order valence-electron chi connectivity index (χ4n) is 3.40. The van der Waals surface area contributed by atoms with Crippen molar-refractivity contribution in [3.8, 4) is 5.69 Å². The zero-order valence-electron chi connectivity index (χ0n) is 15.2. The third-order valence-electron chi connectivity index (χ3n) is 4.84. The predicted octanol–water partition coefficient (Wildman–Crippen LogP) is 1.79. The maximum atomic E-state index is 13.1. The molecule has 0 radical (unpaired) electrons. The first-order chi connectivity index (χ1) is 13.1. The van der Waals surface area contributed by atoms with E-state index in [9.17, 15) is 9.59 Å². The number of hydrogen-bond donors (Lipinski definition) is 1. The van der Waals surface area contributed by atoms with Crippen LogP contribution in [0.3, 0.4) is 0 Å². The summed E-state index contributed by atoms with van der Waals surface area (Å²) in [6.07, 6.45) is 3.70. The highest BCUT2D eigenvalue weighted by Crippen LogP contribution is 2.16. The van der Waals surface area contributed by atoms with Crippen LogP contribution in [0.15, 0.2) is 47.4 Å². The zero-order valence-corrected chi connectivity index (χ0v) is 15.2. The van der Waals surface area contributed by atoms with E-state index in [4.69, 9.17) is 4.74 Å². The van der Waals surface area contributed by atoms with Crippen LogP contribution < -0.4 is 11.0 Å². The fourth-order valence-corrected chi connectivity index (χ4v) is 3.40. The largest absolute Gasteiger partial charge is 0.376 e. The number of pyridine rings is 1. The van der Waals surface area contributed by atoms with Gasteiger partial charge >= 0.3 is 5.69 Å². The highest BCUT2D eigenvalue weighted by atomic mass is 16.5. The molecule has 1 atom stereocenters. The Hall–Kier alpha value is -2.93. The summed E-state index contributed by atoms with van der Waals surface area (Å²) in [5.74, 6) is -0.209. The number of rotatable bonds is 5. The molecule has 1 aliphatic rings. The molecule has 0 saturated carbocycles. The van der Waals surface area contributed by atoms with Gasteiger partial charge in [0.05, 0.1) is 17.3 Å². The second kappa shape index (κ2) is 7.36. The quantitative estimate of drug-likeness (QED) is 0.747. The highest BCUT2D eigenvalue weighted by Gasteiger charge is 2.19. The van der Waals surface area contributed by atoms with Gasteiger partial charge in [-0.1, -0.05) is 17.7 Å². The second-order valence-electron chi connectivity index (χ2n) is 6.82. The van der Waals surface area contributed by atoms with Gasteiger partial charge in [-0.15, -0.1) is 0 Å². The van der Waals surface area contributed by atoms with E-state index < -0.39 is 0 Å². The third kappa shape index (κ3) is 3.50. The molecule has 140 valence electrons. The van der Waals surface area contributed by atoms with Gasteiger partial charge in [0.1, 0.15) is 6.54 Å². The number of nitrogens with zero attached hydrogens (tertiary/aromatic N) is 3. The molecule has 0 unspecified atom stereocenters. The van der Waals surface area contributed by atoms with Gasteiger partial charge in [-0.3, -0.25) is 9.36 Å². The molecule has 2 aromatic heterocycles. The number of carbonyl (C=O) groups excluding carboxylic acids is 1. The molecule has 1 fully saturated rings. The van der Waals surface area contributed by atoms with Crippen molar-refractivity contribution in [1.82, 2.24) is 19.4 Å². The lowest BCUT2D eigenvalue weighted by Gasteiger charge is -2.11. The topological polar surface area (TPSA) is 78.2 Å². The van der Waals surface area contributed by atoms with Crippen LogP contribution in [0.25, 0.3) is 16.9 Å². The van der Waals surface area contributed by atoms with Gasteiger partial charge in [0, 0.05) is 19.3 Å². The van der Waals surface area contributed by atoms with Crippen LogP contribution >= 0.6 is 0 Å². The van der Waals surface area contributed by atoms with Crippen LogP contribution in [0.2, 0.25) is 0 Å². The Morgan fingerprint density at radius 2 is 2.11 bits per heavy atom. The molecule has 7 nitrogen and oxygen atoms in total. The summed E-state index contributed by atoms with van der Waals surface area (Å²) < 4.78 is 8.53. The molecule has 3 aromatic rings. The van der Waals surface area contributed by atoms with Crippen molar-refractivity contribution in [2.45, 2.75) is 32.4 Å². The van der Waals surface area contributed by atoms with Gasteiger partial charge in [-0.25, -0.2) is 14.3 Å². The molecule has 1 aliphatic heterocycles. The van der Waals surface area contributed by atoms with E-state index in [1.807, 2.05) is 37.3 Å². The van der Waals surface area contributed by atoms with E-state index in [1.165, 1.54) is 4.57 Å². The summed E-state index contributed by atoms with van der Waals surface area (Å²) in [7, 11) is 0. The maximum Gasteiger partial charge on any atom is 0.335 e. The molecular formula is C20H22N4O3. The first-order valence-corrected chi connectivity index (χ1v) is 9.15. The van der Waals surface area contributed by atoms with Crippen molar-refractivity contribution in [2.75, 3.05) is 13.2 Å². The van der Waals surface area contributed by atoms with E-state index >= 15 is 0 Å². The third-order valence-corrected chi connectivity index (χ3v) is 4.84. The number of ether oxygens (including phenoxy) is 1. The van der Waals surface area contributed by atoms with Gasteiger partial charge in [-0.2, -0.15) is 0 Å². The number of nitrogens with one attached hydrogen (secondary N) is 1. The van der Waals surface area contributed by atoms with Crippen molar-refractivity contribution >= 4 is 17.1 Å². The van der Waals surface area contributed by atoms with Crippen molar-refractivity contribution in [3.63, 3.8) is 0 Å². The number of fused-ring (bicyclic) bond motifs is 1. The van der Waals surface area contributed by atoms with Gasteiger partial charge in [0.15, 0.2) is 5.65 Å². The number of amides is 1. The van der Waals surface area contributed by atoms with E-state index in [2.05, 4.69) is 10.3 Å². The second-order valence-corrected chi connectivity index (χ2v) is 6.82. The number of benzene rings is 1. The molecule has 0 bridgehead atoms. The van der Waals surface area contributed by atoms with Crippen molar-refractivity contribution in [2.24, 2.45) is 0 Å². The predicted molar refractivity (Wildman–Crippen MR) is 102 cm³/mol. The lowest BCUT2D eigenvalue weighted by atomic mass is 10.2. The minimum atomic E-state index is -0.278. The summed E-state index contributed by atoms with van der Waals surface area (Å²) in [6, 6.07) is 11.2. The van der Waals surface area contributed by atoms with Gasteiger partial charge in [0.25, 0.3) is 0 Å². The zero-order chi connectivity index (χ0) is 18.8. The van der Waals surface area contributed by atoms with Crippen LogP contribution in [-0.4, -0.2) is 39.3 Å². The number of hydrogen-bond acceptors (Lipinski definition) is 4. The van der Waals surface area contributed by atoms with Crippen molar-refractivity contribution in [3.05, 3.63) is 58.6 Å². The van der Waals surface area contributed by atoms with Crippen LogP contribution in [0.1, 0.15) is 18.4 Å². The Labute approximate surface area is 156 Å². The molecule has 7 heteroatoms. The van der Waals surface area contributed by atoms with Gasteiger partial charge in [0.2, 0.25) is 5.91 Å². The molecule has 1 saturated heterocycles. The van der Waals surface area contributed by atoms with Gasteiger partial charge in [-0.05, 0) is 44.0 Å². The Morgan fingerprint density at radius 1 is 1.30 bits per heavy atom. The Balaban J connectivity index is 1.64. The molecule has 0 spiro atoms. The van der Waals surface area contributed by atoms with Gasteiger partial charge < -0.3 is 10.1 Å². The first kappa shape index (κ1) is 17.5. The summed E-state index contributed by atoms with van der Waals surface area (Å²) in [6.45, 7) is 3.16. The van der Waals surface area contributed by atoms with Crippen molar-refractivity contribution < 1.29 is 9.53 Å². The molecule has 3 heterocycles. The SMILES string of the molecule is Cc1ccc(-n2c(=O)n(CC(=O)NC[C@H]3CCCO3)c3cccnc32)cc1. The minimum absolute atomic E-state index is 0.0490. The van der Waals surface area contributed by atoms with E-state index in [0.717, 1.165) is 30.7 Å². The molecule has 0 aliphatic carbocycles. The van der Waals surface area contributed by atoms with Crippen LogP contribution in [0.5, 0.6) is 0 Å². The van der Waals surface area contributed by atoms with Crippen LogP contribution in [0.4, 0.5) is 0 Å². The average molecular weight is 366 g/mol. The summed E-state index contributed by atoms with van der Waals surface area (Å²) >= 11 is 0. The number of aromatic nitrogens is 3. The van der Waals surface area contributed by atoms with E-state index in [1.54, 1.807) is 16.8 Å². The maximum absolute atomic E-state index is 13.1. The number of imidazole rings is 1. The number of carbonyl (C=O) groups is 1. The normalized spacial score (nSPS) is 16.7. The Kier molecular flexibility index (Phi) is 4.77. The lowest BCUT2D eigenvalue weighted by Crippen LogP contribution is -2.36. The highest BCUT2D eigenvalue weighted by molar-refractivity contribution is 5.80. The van der Waals surface area contributed by atoms with Crippen molar-refractivity contribution in [1.29, 1.82) is 0 Å². The van der Waals surface area contributed by atoms with E-state index in [0.29, 0.717) is 17.7 Å². The van der Waals surface area contributed by atoms with E-state index in [-0.39, 0.29) is 24.2 Å². The first-order valence-electron chi connectivity index (χ1n) is 9.15. The summed E-state index contributed by atoms with van der Waals surface area (Å²) in [5.41, 5.74) is 2.73. The molecule has 27 heavy (non-hydrogen) atoms. The molecule has 1 aromatic carbocycles. The van der Waals surface area contributed by atoms with Crippen LogP contribution in [0, 0.1) is 6.92 Å². The lowest BCUT2D eigenvalue weighted by molar-refractivity contribution is -0.122. The fraction of sp³-hybridized carbons (Fsp3) is 0.350. The summed E-state index contributed by atoms with van der Waals surface area (Å²) in [5, 5.41) is 2.87. The Bertz CT molecular complexity index is 1010. The number of aryl methyl sites for hydroxylation is 1. The minimum Gasteiger partial charge on any atom is -0.376 e. The smallest absolute Gasteiger partial charge is 0.335 e. The Morgan fingerprint density at radius 3 is 2.85 bits per heavy atom. The van der Waals surface area contributed by atoms with Crippen LogP contribution in [-0.2, 0) is 16.1 Å². The molecule has 4 rings (SSSR count).